The highest BCUT2D eigenvalue weighted by molar-refractivity contribution is 14.0. The number of aliphatic imine (C=N–C) groups is 1. The van der Waals surface area contributed by atoms with Gasteiger partial charge in [0.25, 0.3) is 0 Å². The topological polar surface area (TPSA) is 46.1 Å². The molecule has 3 aliphatic rings. The summed E-state index contributed by atoms with van der Waals surface area (Å²) in [5.74, 6) is 1.67. The van der Waals surface area contributed by atoms with Crippen LogP contribution in [0, 0.1) is 6.92 Å². The second-order valence-electron chi connectivity index (χ2n) is 8.15. The van der Waals surface area contributed by atoms with Crippen LogP contribution in [-0.2, 0) is 9.47 Å². The van der Waals surface area contributed by atoms with Crippen LogP contribution >= 0.6 is 24.0 Å². The molecule has 6 heteroatoms. The molecule has 2 saturated heterocycles. The van der Waals surface area contributed by atoms with Gasteiger partial charge in [0.2, 0.25) is 0 Å². The van der Waals surface area contributed by atoms with Crippen LogP contribution in [0.25, 0.3) is 0 Å². The van der Waals surface area contributed by atoms with Gasteiger partial charge in [-0.05, 0) is 50.2 Å². The van der Waals surface area contributed by atoms with E-state index in [2.05, 4.69) is 46.4 Å². The molecule has 2 heterocycles. The molecular formula is C22H34IN3O2. The van der Waals surface area contributed by atoms with E-state index in [4.69, 9.17) is 9.47 Å². The molecule has 3 fully saturated rings. The maximum Gasteiger partial charge on any atom is 0.193 e. The van der Waals surface area contributed by atoms with Gasteiger partial charge < -0.3 is 19.7 Å². The third kappa shape index (κ3) is 5.39. The number of aryl methyl sites for hydroxylation is 1. The average Bonchev–Trinajstić information content (AvgIpc) is 3.25. The number of piperidine rings is 1. The molecule has 28 heavy (non-hydrogen) atoms. The predicted molar refractivity (Wildman–Crippen MR) is 124 cm³/mol. The Morgan fingerprint density at radius 3 is 2.71 bits per heavy atom. The molecule has 1 aromatic carbocycles. The molecule has 0 aromatic heterocycles. The van der Waals surface area contributed by atoms with Crippen LogP contribution < -0.4 is 5.32 Å². The Kier molecular flexibility index (Phi) is 8.00. The van der Waals surface area contributed by atoms with Gasteiger partial charge in [-0.3, -0.25) is 4.99 Å². The van der Waals surface area contributed by atoms with Crippen molar-refractivity contribution in [2.24, 2.45) is 4.99 Å². The van der Waals surface area contributed by atoms with E-state index in [1.54, 1.807) is 0 Å². The summed E-state index contributed by atoms with van der Waals surface area (Å²) in [5.41, 5.74) is 2.87. The Bertz CT molecular complexity index is 655. The fourth-order valence-electron chi connectivity index (χ4n) is 4.42. The monoisotopic (exact) mass is 499 g/mol. The molecule has 1 saturated carbocycles. The fourth-order valence-corrected chi connectivity index (χ4v) is 4.42. The maximum absolute atomic E-state index is 6.10. The van der Waals surface area contributed by atoms with Crippen molar-refractivity contribution in [3.8, 4) is 0 Å². The predicted octanol–water partition coefficient (Wildman–Crippen LogP) is 3.70. The number of benzene rings is 1. The molecule has 0 spiro atoms. The molecule has 0 amide bonds. The van der Waals surface area contributed by atoms with Crippen LogP contribution in [-0.4, -0.2) is 62.5 Å². The van der Waals surface area contributed by atoms with E-state index in [1.165, 1.54) is 24.0 Å². The maximum atomic E-state index is 6.10. The van der Waals surface area contributed by atoms with E-state index in [0.717, 1.165) is 51.5 Å². The first kappa shape index (κ1) is 21.8. The van der Waals surface area contributed by atoms with Crippen molar-refractivity contribution in [3.05, 3.63) is 35.4 Å². The lowest BCUT2D eigenvalue weighted by Crippen LogP contribution is -2.48. The molecule has 156 valence electrons. The Morgan fingerprint density at radius 1 is 1.25 bits per heavy atom. The summed E-state index contributed by atoms with van der Waals surface area (Å²) in [6.45, 7) is 5.90. The summed E-state index contributed by atoms with van der Waals surface area (Å²) >= 11 is 0. The number of nitrogens with one attached hydrogen (secondary N) is 1. The first-order valence-corrected chi connectivity index (χ1v) is 10.5. The number of hydrogen-bond acceptors (Lipinski definition) is 3. The molecule has 3 atom stereocenters. The van der Waals surface area contributed by atoms with Gasteiger partial charge in [0.1, 0.15) is 0 Å². The van der Waals surface area contributed by atoms with Gasteiger partial charge in [-0.25, -0.2) is 0 Å². The van der Waals surface area contributed by atoms with Gasteiger partial charge in [0, 0.05) is 38.7 Å². The highest BCUT2D eigenvalue weighted by Gasteiger charge is 2.40. The number of guanidine groups is 1. The third-order valence-corrected chi connectivity index (χ3v) is 6.19. The van der Waals surface area contributed by atoms with Crippen molar-refractivity contribution in [3.63, 3.8) is 0 Å². The molecule has 0 bridgehead atoms. The lowest BCUT2D eigenvalue weighted by Gasteiger charge is -2.34. The molecule has 1 aliphatic carbocycles. The van der Waals surface area contributed by atoms with Gasteiger partial charge in [-0.15, -0.1) is 24.0 Å². The van der Waals surface area contributed by atoms with Crippen molar-refractivity contribution < 1.29 is 9.47 Å². The number of rotatable bonds is 5. The molecule has 2 aliphatic heterocycles. The normalized spacial score (nSPS) is 28.1. The van der Waals surface area contributed by atoms with Gasteiger partial charge >= 0.3 is 0 Å². The van der Waals surface area contributed by atoms with Crippen LogP contribution in [0.4, 0.5) is 0 Å². The minimum atomic E-state index is 0. The number of hydrogen-bond donors (Lipinski definition) is 1. The number of nitrogens with zero attached hydrogens (tertiary/aromatic N) is 2. The number of halogens is 1. The SMILES string of the molecule is CN=C(NC1CC1c1ccccc1C)N1CCC(OCC2CCCO2)CC1.I. The number of ether oxygens (including phenoxy) is 2. The largest absolute Gasteiger partial charge is 0.376 e. The first-order chi connectivity index (χ1) is 13.2. The van der Waals surface area contributed by atoms with E-state index in [0.29, 0.717) is 24.2 Å². The zero-order chi connectivity index (χ0) is 18.6. The molecule has 4 rings (SSSR count). The molecule has 1 N–H and O–H groups in total. The Hall–Kier alpha value is -0.860. The lowest BCUT2D eigenvalue weighted by molar-refractivity contribution is -0.0367. The van der Waals surface area contributed by atoms with E-state index in [-0.39, 0.29) is 24.0 Å². The van der Waals surface area contributed by atoms with E-state index in [1.807, 2.05) is 7.05 Å². The fraction of sp³-hybridized carbons (Fsp3) is 0.682. The summed E-state index contributed by atoms with van der Waals surface area (Å²) in [6.07, 6.45) is 6.36. The van der Waals surface area contributed by atoms with Crippen LogP contribution in [0.1, 0.15) is 49.1 Å². The summed E-state index contributed by atoms with van der Waals surface area (Å²) in [7, 11) is 1.90. The van der Waals surface area contributed by atoms with Gasteiger partial charge in [0.15, 0.2) is 5.96 Å². The Labute approximate surface area is 186 Å². The van der Waals surface area contributed by atoms with Gasteiger partial charge in [0.05, 0.1) is 18.8 Å². The molecule has 3 unspecified atom stereocenters. The van der Waals surface area contributed by atoms with E-state index < -0.39 is 0 Å². The van der Waals surface area contributed by atoms with Crippen LogP contribution in [0.3, 0.4) is 0 Å². The zero-order valence-corrected chi connectivity index (χ0v) is 19.4. The van der Waals surface area contributed by atoms with Crippen LogP contribution in [0.5, 0.6) is 0 Å². The van der Waals surface area contributed by atoms with Crippen molar-refractivity contribution in [1.82, 2.24) is 10.2 Å². The third-order valence-electron chi connectivity index (χ3n) is 6.19. The van der Waals surface area contributed by atoms with Gasteiger partial charge in [-0.1, -0.05) is 24.3 Å². The smallest absolute Gasteiger partial charge is 0.193 e. The quantitative estimate of drug-likeness (QED) is 0.382. The molecule has 0 radical (unpaired) electrons. The summed E-state index contributed by atoms with van der Waals surface area (Å²) in [4.78, 5) is 6.94. The van der Waals surface area contributed by atoms with E-state index in [9.17, 15) is 0 Å². The van der Waals surface area contributed by atoms with Crippen molar-refractivity contribution in [1.29, 1.82) is 0 Å². The lowest BCUT2D eigenvalue weighted by atomic mass is 10.0. The van der Waals surface area contributed by atoms with Crippen LogP contribution in [0.2, 0.25) is 0 Å². The Morgan fingerprint density at radius 2 is 2.04 bits per heavy atom. The molecule has 5 nitrogen and oxygen atoms in total. The van der Waals surface area contributed by atoms with E-state index >= 15 is 0 Å². The average molecular weight is 499 g/mol. The first-order valence-electron chi connectivity index (χ1n) is 10.5. The summed E-state index contributed by atoms with van der Waals surface area (Å²) < 4.78 is 11.8. The highest BCUT2D eigenvalue weighted by Crippen LogP contribution is 2.42. The molecular weight excluding hydrogens is 465 g/mol. The number of likely N-dealkylation sites (tertiary alicyclic amines) is 1. The minimum Gasteiger partial charge on any atom is -0.376 e. The van der Waals surface area contributed by atoms with Crippen molar-refractivity contribution in [2.75, 3.05) is 33.4 Å². The highest BCUT2D eigenvalue weighted by atomic mass is 127. The second kappa shape index (κ2) is 10.3. The Balaban J connectivity index is 0.00000225. The summed E-state index contributed by atoms with van der Waals surface area (Å²) in [5, 5.41) is 3.69. The minimum absolute atomic E-state index is 0. The second-order valence-corrected chi connectivity index (χ2v) is 8.15. The zero-order valence-electron chi connectivity index (χ0n) is 17.1. The van der Waals surface area contributed by atoms with Crippen LogP contribution in [0.15, 0.2) is 29.3 Å². The summed E-state index contributed by atoms with van der Waals surface area (Å²) in [6, 6.07) is 9.25. The van der Waals surface area contributed by atoms with Crippen molar-refractivity contribution >= 4 is 29.9 Å². The standard InChI is InChI=1S/C22H33N3O2.HI/c1-16-6-3-4-8-19(16)20-14-21(20)24-22(23-2)25-11-9-17(10-12-25)27-15-18-7-5-13-26-18;/h3-4,6,8,17-18,20-21H,5,7,9-15H2,1-2H3,(H,23,24);1H. The molecule has 1 aromatic rings. The van der Waals surface area contributed by atoms with Gasteiger partial charge in [-0.2, -0.15) is 0 Å². The van der Waals surface area contributed by atoms with Crippen molar-refractivity contribution in [2.45, 2.75) is 63.2 Å².